The van der Waals surface area contributed by atoms with Crippen molar-refractivity contribution in [3.05, 3.63) is 52.9 Å². The standard InChI is InChI=1S/C29H35N5O7S/c1-15(2)25(22-12-23(32-41-22)40-24-9-10-33(24)29(38)39)28(37)34-13-20(35)11-21(34)27(36)31-16(3)18-5-7-19(8-6-18)26-17(4)30-14-42-26/h5-8,12,14-16,20-21,24-25,35H,9-11,13H2,1-4H3,(H,31,36)(H,38,39)/t16-,20+,21-,24?,25+/m0/s1. The number of nitrogens with zero attached hydrogens (tertiary/aromatic N) is 4. The average Bonchev–Trinajstić information content (AvgIpc) is 3.66. The van der Waals surface area contributed by atoms with Gasteiger partial charge in [-0.1, -0.05) is 38.1 Å². The van der Waals surface area contributed by atoms with Crippen LogP contribution < -0.4 is 10.1 Å². The predicted molar refractivity (Wildman–Crippen MR) is 153 cm³/mol. The van der Waals surface area contributed by atoms with Gasteiger partial charge < -0.3 is 29.7 Å². The Bertz CT molecular complexity index is 1440. The lowest BCUT2D eigenvalue weighted by atomic mass is 9.91. The summed E-state index contributed by atoms with van der Waals surface area (Å²) >= 11 is 1.58. The number of ether oxygens (including phenoxy) is 1. The molecule has 2 aliphatic heterocycles. The van der Waals surface area contributed by atoms with Gasteiger partial charge in [-0.25, -0.2) is 9.78 Å². The fraction of sp³-hybridized carbons (Fsp3) is 0.483. The minimum absolute atomic E-state index is 0.0184. The summed E-state index contributed by atoms with van der Waals surface area (Å²) < 4.78 is 11.1. The van der Waals surface area contributed by atoms with Crippen LogP contribution in [0.4, 0.5) is 4.79 Å². The molecule has 0 saturated carbocycles. The van der Waals surface area contributed by atoms with Crippen molar-refractivity contribution in [2.75, 3.05) is 13.1 Å². The monoisotopic (exact) mass is 597 g/mol. The number of aromatic nitrogens is 2. The number of thiazole rings is 1. The number of hydrogen-bond acceptors (Lipinski definition) is 9. The molecule has 2 aromatic heterocycles. The molecule has 2 aliphatic rings. The number of amides is 3. The highest BCUT2D eigenvalue weighted by Crippen LogP contribution is 2.34. The van der Waals surface area contributed by atoms with Crippen LogP contribution in [0, 0.1) is 12.8 Å². The molecule has 5 atom stereocenters. The van der Waals surface area contributed by atoms with E-state index >= 15 is 0 Å². The van der Waals surface area contributed by atoms with Crippen LogP contribution >= 0.6 is 11.3 Å². The summed E-state index contributed by atoms with van der Waals surface area (Å²) in [5.41, 5.74) is 4.75. The van der Waals surface area contributed by atoms with E-state index < -0.39 is 30.4 Å². The fourth-order valence-electron chi connectivity index (χ4n) is 5.43. The van der Waals surface area contributed by atoms with Crippen molar-refractivity contribution >= 4 is 29.2 Å². The quantitative estimate of drug-likeness (QED) is 0.334. The normalized spacial score (nSPS) is 21.6. The van der Waals surface area contributed by atoms with Gasteiger partial charge in [-0.05, 0) is 36.0 Å². The molecule has 12 nitrogen and oxygen atoms in total. The third-order valence-corrected chi connectivity index (χ3v) is 8.83. The molecule has 3 amide bonds. The summed E-state index contributed by atoms with van der Waals surface area (Å²) in [6, 6.07) is 8.24. The van der Waals surface area contributed by atoms with Crippen molar-refractivity contribution < 1.29 is 33.9 Å². The van der Waals surface area contributed by atoms with Gasteiger partial charge in [0, 0.05) is 32.0 Å². The van der Waals surface area contributed by atoms with Crippen LogP contribution in [-0.4, -0.2) is 79.5 Å². The molecular weight excluding hydrogens is 562 g/mol. The van der Waals surface area contributed by atoms with E-state index in [2.05, 4.69) is 15.5 Å². The Morgan fingerprint density at radius 3 is 2.50 bits per heavy atom. The van der Waals surface area contributed by atoms with E-state index in [9.17, 15) is 24.6 Å². The number of likely N-dealkylation sites (tertiary alicyclic amines) is 2. The molecule has 1 aromatic carbocycles. The van der Waals surface area contributed by atoms with E-state index in [0.717, 1.165) is 26.6 Å². The van der Waals surface area contributed by atoms with E-state index in [4.69, 9.17) is 9.26 Å². The molecule has 3 N–H and O–H groups in total. The van der Waals surface area contributed by atoms with Crippen molar-refractivity contribution in [3.8, 4) is 16.3 Å². The number of carbonyl (C=O) groups excluding carboxylic acids is 2. The van der Waals surface area contributed by atoms with E-state index in [1.54, 1.807) is 11.3 Å². The molecule has 5 rings (SSSR count). The van der Waals surface area contributed by atoms with Gasteiger partial charge >= 0.3 is 6.09 Å². The van der Waals surface area contributed by atoms with Crippen LogP contribution in [0.3, 0.4) is 0 Å². The smallest absolute Gasteiger partial charge is 0.410 e. The van der Waals surface area contributed by atoms with Crippen LogP contribution in [-0.2, 0) is 9.59 Å². The third kappa shape index (κ3) is 5.97. The number of β-amino-alcohol motifs (C(OH)–C–C–N with tert-alkyl or cyclic N) is 1. The average molecular weight is 598 g/mol. The molecule has 0 aliphatic carbocycles. The Balaban J connectivity index is 1.26. The van der Waals surface area contributed by atoms with Gasteiger partial charge in [0.1, 0.15) is 12.0 Å². The van der Waals surface area contributed by atoms with Crippen molar-refractivity contribution in [3.63, 3.8) is 0 Å². The molecule has 4 heterocycles. The van der Waals surface area contributed by atoms with Gasteiger partial charge in [-0.2, -0.15) is 0 Å². The molecular formula is C29H35N5O7S. The summed E-state index contributed by atoms with van der Waals surface area (Å²) in [7, 11) is 0. The number of aliphatic hydroxyl groups is 1. The Labute approximate surface area is 247 Å². The maximum Gasteiger partial charge on any atom is 0.410 e. The number of aryl methyl sites for hydroxylation is 1. The first-order valence-corrected chi connectivity index (χ1v) is 14.8. The number of hydrogen-bond donors (Lipinski definition) is 3. The highest BCUT2D eigenvalue weighted by Gasteiger charge is 2.44. The van der Waals surface area contributed by atoms with Crippen LogP contribution in [0.5, 0.6) is 5.88 Å². The molecule has 0 bridgehead atoms. The summed E-state index contributed by atoms with van der Waals surface area (Å²) in [5, 5.41) is 26.6. The third-order valence-electron chi connectivity index (χ3n) is 7.85. The molecule has 224 valence electrons. The van der Waals surface area contributed by atoms with Crippen LogP contribution in [0.2, 0.25) is 0 Å². The highest BCUT2D eigenvalue weighted by molar-refractivity contribution is 7.13. The number of aliphatic hydroxyl groups excluding tert-OH is 1. The molecule has 2 fully saturated rings. The zero-order valence-corrected chi connectivity index (χ0v) is 24.7. The molecule has 42 heavy (non-hydrogen) atoms. The fourth-order valence-corrected chi connectivity index (χ4v) is 6.25. The highest BCUT2D eigenvalue weighted by atomic mass is 32.1. The lowest BCUT2D eigenvalue weighted by Crippen LogP contribution is -2.53. The van der Waals surface area contributed by atoms with Gasteiger partial charge in [0.05, 0.1) is 28.2 Å². The first kappa shape index (κ1) is 29.5. The molecule has 1 unspecified atom stereocenters. The second kappa shape index (κ2) is 12.1. The van der Waals surface area contributed by atoms with Crippen LogP contribution in [0.1, 0.15) is 62.6 Å². The van der Waals surface area contributed by atoms with E-state index in [1.165, 1.54) is 11.0 Å². The molecule has 2 saturated heterocycles. The first-order valence-electron chi connectivity index (χ1n) is 14.0. The number of nitrogens with one attached hydrogen (secondary N) is 1. The number of benzene rings is 1. The lowest BCUT2D eigenvalue weighted by molar-refractivity contribution is -0.141. The zero-order valence-electron chi connectivity index (χ0n) is 23.9. The second-order valence-electron chi connectivity index (χ2n) is 11.1. The lowest BCUT2D eigenvalue weighted by Gasteiger charge is -2.37. The molecule has 0 radical (unpaired) electrons. The summed E-state index contributed by atoms with van der Waals surface area (Å²) in [5.74, 6) is -1.39. The van der Waals surface area contributed by atoms with Gasteiger partial charge in [0.25, 0.3) is 5.88 Å². The zero-order chi connectivity index (χ0) is 30.1. The van der Waals surface area contributed by atoms with Crippen molar-refractivity contribution in [2.45, 2.75) is 70.9 Å². The van der Waals surface area contributed by atoms with Crippen molar-refractivity contribution in [1.82, 2.24) is 25.3 Å². The Morgan fingerprint density at radius 1 is 1.17 bits per heavy atom. The topological polar surface area (TPSA) is 158 Å². The van der Waals surface area contributed by atoms with Crippen LogP contribution in [0.25, 0.3) is 10.4 Å². The van der Waals surface area contributed by atoms with E-state index in [1.807, 2.05) is 57.5 Å². The van der Waals surface area contributed by atoms with Gasteiger partial charge in [-0.15, -0.1) is 11.3 Å². The predicted octanol–water partition coefficient (Wildman–Crippen LogP) is 3.77. The number of carboxylic acid groups (broad SMARTS) is 1. The van der Waals surface area contributed by atoms with Crippen molar-refractivity contribution in [2.24, 2.45) is 5.92 Å². The van der Waals surface area contributed by atoms with E-state index in [0.29, 0.717) is 13.0 Å². The second-order valence-corrected chi connectivity index (χ2v) is 12.0. The summed E-state index contributed by atoms with van der Waals surface area (Å²) in [6.45, 7) is 7.94. The van der Waals surface area contributed by atoms with Crippen molar-refractivity contribution in [1.29, 1.82) is 0 Å². The Kier molecular flexibility index (Phi) is 8.50. The molecule has 0 spiro atoms. The van der Waals surface area contributed by atoms with Gasteiger partial charge in [0.15, 0.2) is 12.0 Å². The summed E-state index contributed by atoms with van der Waals surface area (Å²) in [4.78, 5) is 46.5. The number of carbonyl (C=O) groups is 3. The van der Waals surface area contributed by atoms with Gasteiger partial charge in [0.2, 0.25) is 11.8 Å². The molecule has 3 aromatic rings. The van der Waals surface area contributed by atoms with E-state index in [-0.39, 0.29) is 48.4 Å². The minimum atomic E-state index is -1.08. The maximum atomic E-state index is 13.8. The Morgan fingerprint density at radius 2 is 1.90 bits per heavy atom. The first-order chi connectivity index (χ1) is 20.0. The SMILES string of the molecule is Cc1ncsc1-c1ccc([C@H](C)NC(=O)[C@@H]2C[C@@H](O)CN2C(=O)[C@@H](c2cc(OC3CCN3C(=O)O)no2)C(C)C)cc1. The maximum absolute atomic E-state index is 13.8. The minimum Gasteiger partial charge on any atom is -0.465 e. The number of rotatable bonds is 9. The summed E-state index contributed by atoms with van der Waals surface area (Å²) in [6.07, 6.45) is -1.94. The Hall–Kier alpha value is -3.97. The van der Waals surface area contributed by atoms with Crippen LogP contribution in [0.15, 0.2) is 40.4 Å². The van der Waals surface area contributed by atoms with Gasteiger partial charge in [-0.3, -0.25) is 14.5 Å². The molecule has 13 heteroatoms. The largest absolute Gasteiger partial charge is 0.465 e.